The van der Waals surface area contributed by atoms with Crippen LogP contribution in [0, 0.1) is 5.92 Å². The topological polar surface area (TPSA) is 179 Å². The van der Waals surface area contributed by atoms with Crippen molar-refractivity contribution in [2.45, 2.75) is 56.4 Å². The van der Waals surface area contributed by atoms with E-state index in [0.29, 0.717) is 70.9 Å². The number of halogens is 3. The number of phenolic OH excluding ortho intramolecular Hbond substituents is 2. The average Bonchev–Trinajstić information content (AvgIpc) is 3.72. The molecule has 15 nitrogen and oxygen atoms in total. The number of benzene rings is 3. The summed E-state index contributed by atoms with van der Waals surface area (Å²) in [6, 6.07) is 12.4. The van der Waals surface area contributed by atoms with Crippen LogP contribution in [0.5, 0.6) is 23.0 Å². The van der Waals surface area contributed by atoms with Gasteiger partial charge in [-0.15, -0.1) is 0 Å². The lowest BCUT2D eigenvalue weighted by Gasteiger charge is -2.43. The molecule has 19 heteroatoms. The van der Waals surface area contributed by atoms with Crippen molar-refractivity contribution in [3.63, 3.8) is 0 Å². The van der Waals surface area contributed by atoms with Crippen LogP contribution >= 0.6 is 0 Å². The highest BCUT2D eigenvalue weighted by Gasteiger charge is 2.58. The maximum absolute atomic E-state index is 14.5. The second-order valence-electron chi connectivity index (χ2n) is 15.4. The fourth-order valence-electron chi connectivity index (χ4n) is 7.86. The second kappa shape index (κ2) is 16.8. The summed E-state index contributed by atoms with van der Waals surface area (Å²) in [4.78, 5) is 39.4. The Labute approximate surface area is 338 Å². The smallest absolute Gasteiger partial charge is 0.420 e. The zero-order chi connectivity index (χ0) is 42.1. The second-order valence-corrected chi connectivity index (χ2v) is 17.4. The molecule has 3 saturated heterocycles. The number of piperidine rings is 1. The highest BCUT2D eigenvalue weighted by Crippen LogP contribution is 2.42. The normalized spacial score (nSPS) is 18.1. The van der Waals surface area contributed by atoms with Gasteiger partial charge in [0.2, 0.25) is 11.7 Å². The summed E-state index contributed by atoms with van der Waals surface area (Å²) < 4.78 is 86.1. The van der Waals surface area contributed by atoms with Gasteiger partial charge < -0.3 is 29.1 Å². The van der Waals surface area contributed by atoms with Gasteiger partial charge in [-0.05, 0) is 66.8 Å². The first-order valence-corrected chi connectivity index (χ1v) is 20.9. The summed E-state index contributed by atoms with van der Waals surface area (Å²) in [7, 11) is -3.88. The third-order valence-corrected chi connectivity index (χ3v) is 12.8. The number of imide groups is 1. The molecule has 2 N–H and O–H groups in total. The molecule has 4 heterocycles. The molecule has 1 aromatic heterocycles. The Kier molecular flexibility index (Phi) is 11.9. The fourth-order valence-corrected chi connectivity index (χ4v) is 9.62. The van der Waals surface area contributed by atoms with Crippen molar-refractivity contribution >= 4 is 21.8 Å². The van der Waals surface area contributed by atoms with Crippen molar-refractivity contribution in [1.29, 1.82) is 0 Å². The zero-order valence-corrected chi connectivity index (χ0v) is 33.3. The molecule has 0 radical (unpaired) electrons. The molecule has 316 valence electrons. The molecule has 1 spiro atoms. The number of para-hydroxylation sites is 1. The number of nitrogens with zero attached hydrogens (tertiary/aromatic N) is 6. The molecule has 0 aliphatic carbocycles. The predicted molar refractivity (Wildman–Crippen MR) is 205 cm³/mol. The third-order valence-electron chi connectivity index (χ3n) is 10.7. The molecule has 3 amide bonds. The Balaban J connectivity index is 1.10. The number of aromatic nitrogens is 2. The average molecular weight is 843 g/mol. The van der Waals surface area contributed by atoms with Gasteiger partial charge >= 0.3 is 12.2 Å². The largest absolute Gasteiger partial charge is 0.508 e. The van der Waals surface area contributed by atoms with Crippen LogP contribution in [0.3, 0.4) is 0 Å². The van der Waals surface area contributed by atoms with Crippen LogP contribution in [0.4, 0.5) is 18.0 Å². The molecule has 7 rings (SSSR count). The summed E-state index contributed by atoms with van der Waals surface area (Å²) in [5.41, 5.74) is -1.80. The molecule has 4 aromatic rings. The van der Waals surface area contributed by atoms with Crippen LogP contribution in [-0.2, 0) is 38.6 Å². The van der Waals surface area contributed by atoms with Crippen LogP contribution < -0.4 is 4.74 Å². The number of carbonyl (C=O) groups is 2. The van der Waals surface area contributed by atoms with Gasteiger partial charge in [0.05, 0.1) is 24.5 Å². The minimum absolute atomic E-state index is 0.0698. The molecule has 3 fully saturated rings. The minimum Gasteiger partial charge on any atom is -0.508 e. The Hall–Kier alpha value is -5.24. The van der Waals surface area contributed by atoms with Gasteiger partial charge in [-0.25, -0.2) is 13.2 Å². The van der Waals surface area contributed by atoms with Crippen molar-refractivity contribution < 1.29 is 55.4 Å². The van der Waals surface area contributed by atoms with E-state index in [1.807, 2.05) is 0 Å². The minimum atomic E-state index is -4.93. The number of hydrogen-bond acceptors (Lipinski definition) is 13. The summed E-state index contributed by atoms with van der Waals surface area (Å²) in [6.07, 6.45) is -4.32. The lowest BCUT2D eigenvalue weighted by atomic mass is 9.85. The molecular formula is C40H45F3N6O9S. The number of rotatable bonds is 13. The Morgan fingerprint density at radius 2 is 1.58 bits per heavy atom. The lowest BCUT2D eigenvalue weighted by Crippen LogP contribution is -2.57. The highest BCUT2D eigenvalue weighted by atomic mass is 32.2. The molecule has 3 aliphatic rings. The highest BCUT2D eigenvalue weighted by molar-refractivity contribution is 7.91. The number of phenols is 2. The molecule has 3 aromatic carbocycles. The number of alkyl halides is 3. The molecule has 0 unspecified atom stereocenters. The van der Waals surface area contributed by atoms with Crippen molar-refractivity contribution in [3.8, 4) is 34.4 Å². The number of carbonyl (C=O) groups excluding carboxylic acids is 2. The van der Waals surface area contributed by atoms with E-state index in [9.17, 15) is 41.4 Å². The first-order chi connectivity index (χ1) is 28.0. The summed E-state index contributed by atoms with van der Waals surface area (Å²) in [5.74, 6) is -2.36. The van der Waals surface area contributed by atoms with E-state index in [4.69, 9.17) is 14.0 Å². The van der Waals surface area contributed by atoms with E-state index < -0.39 is 51.3 Å². The predicted octanol–water partition coefficient (Wildman–Crippen LogP) is 5.52. The van der Waals surface area contributed by atoms with E-state index in [-0.39, 0.29) is 57.6 Å². The van der Waals surface area contributed by atoms with Crippen LogP contribution in [0.15, 0.2) is 70.1 Å². The number of urea groups is 1. The van der Waals surface area contributed by atoms with E-state index in [1.165, 1.54) is 36.4 Å². The van der Waals surface area contributed by atoms with E-state index in [2.05, 4.69) is 19.9 Å². The maximum atomic E-state index is 14.5. The molecular weight excluding hydrogens is 798 g/mol. The molecule has 0 bridgehead atoms. The van der Waals surface area contributed by atoms with Gasteiger partial charge in [0.15, 0.2) is 9.84 Å². The van der Waals surface area contributed by atoms with Gasteiger partial charge in [0, 0.05) is 57.4 Å². The summed E-state index contributed by atoms with van der Waals surface area (Å²) in [5, 5.41) is 23.8. The molecule has 0 atom stereocenters. The summed E-state index contributed by atoms with van der Waals surface area (Å²) in [6.45, 7) is 7.52. The quantitative estimate of drug-likeness (QED) is 0.161. The number of amides is 3. The number of hydrogen-bond donors (Lipinski definition) is 2. The number of aromatic hydroxyl groups is 2. The Bertz CT molecular complexity index is 2270. The van der Waals surface area contributed by atoms with Gasteiger partial charge in [-0.1, -0.05) is 31.1 Å². The first kappa shape index (κ1) is 41.9. The van der Waals surface area contributed by atoms with E-state index in [1.54, 1.807) is 30.9 Å². The lowest BCUT2D eigenvalue weighted by molar-refractivity contribution is -0.138. The van der Waals surface area contributed by atoms with Gasteiger partial charge in [0.25, 0.3) is 5.91 Å². The van der Waals surface area contributed by atoms with Crippen LogP contribution in [-0.4, -0.2) is 124 Å². The third kappa shape index (κ3) is 9.17. The maximum Gasteiger partial charge on any atom is 0.420 e. The zero-order valence-electron chi connectivity index (χ0n) is 32.5. The van der Waals surface area contributed by atoms with Crippen molar-refractivity contribution in [2.75, 3.05) is 58.2 Å². The molecule has 0 saturated carbocycles. The van der Waals surface area contributed by atoms with Crippen molar-refractivity contribution in [3.05, 3.63) is 77.7 Å². The first-order valence-electron chi connectivity index (χ1n) is 19.2. The van der Waals surface area contributed by atoms with Crippen molar-refractivity contribution in [2.24, 2.45) is 5.92 Å². The number of morpholine rings is 1. The van der Waals surface area contributed by atoms with Crippen LogP contribution in [0.1, 0.15) is 43.7 Å². The standard InChI is InChI=1S/C40H45F3N6O9S/c1-26(2)25-59(54,55)34-6-4-3-5-33(34)57-32-8-7-28(21-31(32)40(41,42)43)36-44-35(58-45-36)24-48-37(52)39(49(38(48)53)14-13-46-15-17-56-18-16-46)9-11-47(12-10-39)23-27-19-29(50)22-30(51)20-27/h3-8,19-22,26,50-51H,9-18,23-25H2,1-2H3. The number of likely N-dealkylation sites (tertiary alicyclic amines) is 1. The van der Waals surface area contributed by atoms with E-state index in [0.717, 1.165) is 17.0 Å². The summed E-state index contributed by atoms with van der Waals surface area (Å²) >= 11 is 0. The number of sulfone groups is 1. The van der Waals surface area contributed by atoms with Crippen molar-refractivity contribution in [1.82, 2.24) is 29.7 Å². The van der Waals surface area contributed by atoms with Gasteiger partial charge in [0.1, 0.15) is 40.0 Å². The van der Waals surface area contributed by atoms with Crippen LogP contribution in [0.2, 0.25) is 0 Å². The van der Waals surface area contributed by atoms with E-state index >= 15 is 0 Å². The Morgan fingerprint density at radius 1 is 0.881 bits per heavy atom. The van der Waals surface area contributed by atoms with Gasteiger partial charge in [-0.3, -0.25) is 19.5 Å². The van der Waals surface area contributed by atoms with Gasteiger partial charge in [-0.2, -0.15) is 18.2 Å². The SMILES string of the molecule is CC(C)CS(=O)(=O)c1ccccc1Oc1ccc(-c2noc(CN3C(=O)N(CCN4CCOCC4)C4(CCN(Cc5cc(O)cc(O)c5)CC4)C3=O)n2)cc1C(F)(F)F. The molecule has 59 heavy (non-hydrogen) atoms. The molecule has 3 aliphatic heterocycles. The fraction of sp³-hybridized carbons (Fsp3) is 0.450. The number of ether oxygens (including phenoxy) is 2. The Morgan fingerprint density at radius 3 is 2.25 bits per heavy atom. The monoisotopic (exact) mass is 842 g/mol. The van der Waals surface area contributed by atoms with Crippen LogP contribution in [0.25, 0.3) is 11.4 Å².